The number of rotatable bonds is 5. The van der Waals surface area contributed by atoms with Crippen LogP contribution in [-0.4, -0.2) is 22.1 Å². The summed E-state index contributed by atoms with van der Waals surface area (Å²) in [6, 6.07) is 5.60. The fourth-order valence-corrected chi connectivity index (χ4v) is 3.33. The van der Waals surface area contributed by atoms with E-state index in [0.29, 0.717) is 12.5 Å². The van der Waals surface area contributed by atoms with Gasteiger partial charge in [-0.3, -0.25) is 14.4 Å². The van der Waals surface area contributed by atoms with E-state index >= 15 is 0 Å². The van der Waals surface area contributed by atoms with Crippen molar-refractivity contribution in [1.82, 2.24) is 0 Å². The summed E-state index contributed by atoms with van der Waals surface area (Å²) in [5, 5.41) is 7.07. The van der Waals surface area contributed by atoms with Crippen LogP contribution in [0.15, 0.2) is 30.3 Å². The largest absolute Gasteiger partial charge is 0.326 e. The van der Waals surface area contributed by atoms with Crippen LogP contribution in [0.1, 0.15) is 23.7 Å². The van der Waals surface area contributed by atoms with E-state index in [9.17, 15) is 23.2 Å². The molecule has 3 N–H and O–H groups in total. The van der Waals surface area contributed by atoms with Crippen molar-refractivity contribution in [2.24, 2.45) is 5.92 Å². The topological polar surface area (TPSA) is 87.3 Å². The molecular formula is C19H14Cl3F2N3O3. The molecular weight excluding hydrogens is 463 g/mol. The van der Waals surface area contributed by atoms with Crippen LogP contribution < -0.4 is 16.0 Å². The maximum atomic E-state index is 14.1. The third-order valence-electron chi connectivity index (χ3n) is 4.24. The Labute approximate surface area is 184 Å². The molecule has 0 spiro atoms. The van der Waals surface area contributed by atoms with E-state index in [0.717, 1.165) is 13.0 Å². The molecule has 0 aromatic heterocycles. The number of nitrogens with one attached hydrogen (secondary N) is 3. The van der Waals surface area contributed by atoms with Gasteiger partial charge in [0.25, 0.3) is 5.91 Å². The van der Waals surface area contributed by atoms with E-state index in [2.05, 4.69) is 16.0 Å². The quantitative estimate of drug-likeness (QED) is 0.533. The van der Waals surface area contributed by atoms with Gasteiger partial charge in [-0.2, -0.15) is 0 Å². The van der Waals surface area contributed by atoms with Crippen LogP contribution in [0.4, 0.5) is 25.8 Å². The molecule has 30 heavy (non-hydrogen) atoms. The van der Waals surface area contributed by atoms with Crippen molar-refractivity contribution in [3.63, 3.8) is 0 Å². The zero-order valence-electron chi connectivity index (χ0n) is 15.3. The Hall–Kier alpha value is -2.42. The fourth-order valence-electron chi connectivity index (χ4n) is 2.62. The van der Waals surface area contributed by atoms with Crippen molar-refractivity contribution in [2.45, 2.75) is 17.7 Å². The van der Waals surface area contributed by atoms with Crippen molar-refractivity contribution in [1.29, 1.82) is 0 Å². The number of anilines is 3. The highest BCUT2D eigenvalue weighted by Crippen LogP contribution is 2.53. The molecule has 3 rings (SSSR count). The summed E-state index contributed by atoms with van der Waals surface area (Å²) in [5.41, 5.74) is -0.494. The van der Waals surface area contributed by atoms with Crippen molar-refractivity contribution >= 4 is 69.6 Å². The highest BCUT2D eigenvalue weighted by molar-refractivity contribution is 6.52. The maximum absolute atomic E-state index is 14.1. The molecule has 2 aromatic carbocycles. The second-order valence-corrected chi connectivity index (χ2v) is 8.60. The van der Waals surface area contributed by atoms with Gasteiger partial charge in [0.15, 0.2) is 0 Å². The van der Waals surface area contributed by atoms with Crippen molar-refractivity contribution in [3.8, 4) is 0 Å². The first-order valence-corrected chi connectivity index (χ1v) is 9.67. The highest BCUT2D eigenvalue weighted by Gasteiger charge is 2.56. The van der Waals surface area contributed by atoms with E-state index < -0.39 is 39.6 Å². The molecule has 6 nitrogen and oxygen atoms in total. The summed E-state index contributed by atoms with van der Waals surface area (Å²) >= 11 is 17.8. The number of hydrogen-bond acceptors (Lipinski definition) is 3. The van der Waals surface area contributed by atoms with E-state index in [1.165, 1.54) is 18.2 Å². The predicted octanol–water partition coefficient (Wildman–Crippen LogP) is 4.96. The van der Waals surface area contributed by atoms with Gasteiger partial charge in [0.1, 0.15) is 16.0 Å². The van der Waals surface area contributed by atoms with E-state index in [1.807, 2.05) is 0 Å². The Morgan fingerprint density at radius 1 is 1.00 bits per heavy atom. The molecule has 0 heterocycles. The average Bonchev–Trinajstić information content (AvgIpc) is 3.29. The fraction of sp³-hybridized carbons (Fsp3) is 0.211. The molecule has 1 aliphatic rings. The molecule has 3 amide bonds. The highest BCUT2D eigenvalue weighted by atomic mass is 35.5. The first-order valence-electron chi connectivity index (χ1n) is 8.54. The molecule has 0 saturated heterocycles. The standard InChI is InChI=1S/C19H14Cl3F2N3O3/c1-8(28)25-15-6-16(14(24)5-13(15)23)27-17(29)10-4-9(2-3-12(10)20)26-18(30)11-7-19(11,21)22/h2-6,11H,7H2,1H3,(H,25,28)(H,26,30)(H,27,29)/t11-/m1/s1. The molecule has 1 saturated carbocycles. The monoisotopic (exact) mass is 475 g/mol. The van der Waals surface area contributed by atoms with Crippen molar-refractivity contribution in [3.05, 3.63) is 52.6 Å². The Bertz CT molecular complexity index is 1060. The third kappa shape index (κ3) is 5.00. The zero-order valence-corrected chi connectivity index (χ0v) is 17.6. The van der Waals surface area contributed by atoms with Gasteiger partial charge in [0, 0.05) is 18.7 Å². The van der Waals surface area contributed by atoms with Gasteiger partial charge < -0.3 is 16.0 Å². The summed E-state index contributed by atoms with van der Waals surface area (Å²) in [6.45, 7) is 1.15. The van der Waals surface area contributed by atoms with E-state index in [1.54, 1.807) is 0 Å². The summed E-state index contributed by atoms with van der Waals surface area (Å²) in [7, 11) is 0. The van der Waals surface area contributed by atoms with Gasteiger partial charge in [0.2, 0.25) is 11.8 Å². The third-order valence-corrected chi connectivity index (χ3v) is 5.40. The molecule has 0 unspecified atom stereocenters. The normalized spacial score (nSPS) is 16.5. The van der Waals surface area contributed by atoms with Crippen LogP contribution in [0.3, 0.4) is 0 Å². The predicted molar refractivity (Wildman–Crippen MR) is 111 cm³/mol. The Balaban J connectivity index is 1.80. The first kappa shape index (κ1) is 22.3. The molecule has 0 bridgehead atoms. The van der Waals surface area contributed by atoms with Gasteiger partial charge in [-0.05, 0) is 30.7 Å². The van der Waals surface area contributed by atoms with E-state index in [4.69, 9.17) is 34.8 Å². The molecule has 0 aliphatic heterocycles. The van der Waals surface area contributed by atoms with Crippen LogP contribution in [0.2, 0.25) is 5.02 Å². The molecule has 1 aliphatic carbocycles. The number of carbonyl (C=O) groups is 3. The SMILES string of the molecule is CC(=O)Nc1cc(NC(=O)c2cc(NC(=O)[C@H]3CC3(Cl)Cl)ccc2Cl)c(F)cc1F. The van der Waals surface area contributed by atoms with Gasteiger partial charge in [-0.15, -0.1) is 23.2 Å². The number of benzene rings is 2. The molecule has 11 heteroatoms. The van der Waals surface area contributed by atoms with Crippen LogP contribution in [-0.2, 0) is 9.59 Å². The number of alkyl halides is 2. The summed E-state index contributed by atoms with van der Waals surface area (Å²) in [6.07, 6.45) is 0.309. The van der Waals surface area contributed by atoms with Gasteiger partial charge in [0.05, 0.1) is 27.9 Å². The van der Waals surface area contributed by atoms with Crippen LogP contribution in [0, 0.1) is 17.6 Å². The summed E-state index contributed by atoms with van der Waals surface area (Å²) in [4.78, 5) is 35.9. The minimum Gasteiger partial charge on any atom is -0.326 e. The average molecular weight is 477 g/mol. The first-order chi connectivity index (χ1) is 14.0. The summed E-state index contributed by atoms with van der Waals surface area (Å²) in [5.74, 6) is -4.43. The van der Waals surface area contributed by atoms with Crippen LogP contribution >= 0.6 is 34.8 Å². The molecule has 2 aromatic rings. The number of hydrogen-bond donors (Lipinski definition) is 3. The van der Waals surface area contributed by atoms with E-state index in [-0.39, 0.29) is 27.6 Å². The zero-order chi connectivity index (χ0) is 22.2. The molecule has 158 valence electrons. The number of carbonyl (C=O) groups excluding carboxylic acids is 3. The van der Waals surface area contributed by atoms with Crippen LogP contribution in [0.5, 0.6) is 0 Å². The Morgan fingerprint density at radius 3 is 2.17 bits per heavy atom. The molecule has 0 radical (unpaired) electrons. The lowest BCUT2D eigenvalue weighted by Crippen LogP contribution is -2.18. The second kappa shape index (κ2) is 8.37. The minimum absolute atomic E-state index is 0.0329. The Kier molecular flexibility index (Phi) is 6.21. The molecule has 1 fully saturated rings. The number of amides is 3. The smallest absolute Gasteiger partial charge is 0.257 e. The lowest BCUT2D eigenvalue weighted by Gasteiger charge is -2.12. The van der Waals surface area contributed by atoms with Gasteiger partial charge in [-0.1, -0.05) is 11.6 Å². The minimum atomic E-state index is -1.11. The molecule has 1 atom stereocenters. The number of halogens is 5. The van der Waals surface area contributed by atoms with Crippen molar-refractivity contribution in [2.75, 3.05) is 16.0 Å². The van der Waals surface area contributed by atoms with Gasteiger partial charge in [-0.25, -0.2) is 8.78 Å². The second-order valence-electron chi connectivity index (χ2n) is 6.65. The Morgan fingerprint density at radius 2 is 1.60 bits per heavy atom. The summed E-state index contributed by atoms with van der Waals surface area (Å²) < 4.78 is 26.7. The van der Waals surface area contributed by atoms with Crippen LogP contribution in [0.25, 0.3) is 0 Å². The lowest BCUT2D eigenvalue weighted by atomic mass is 10.1. The maximum Gasteiger partial charge on any atom is 0.257 e. The van der Waals surface area contributed by atoms with Gasteiger partial charge >= 0.3 is 0 Å². The van der Waals surface area contributed by atoms with Crippen molar-refractivity contribution < 1.29 is 23.2 Å². The lowest BCUT2D eigenvalue weighted by molar-refractivity contribution is -0.117.